The highest BCUT2D eigenvalue weighted by atomic mass is 16.6. The molecule has 0 aliphatic rings. The summed E-state index contributed by atoms with van der Waals surface area (Å²) in [5, 5.41) is 0.967. The van der Waals surface area contributed by atoms with Crippen LogP contribution in [0.5, 0.6) is 5.75 Å². The van der Waals surface area contributed by atoms with Gasteiger partial charge in [0.2, 0.25) is 0 Å². The summed E-state index contributed by atoms with van der Waals surface area (Å²) in [6, 6.07) is 5.69. The number of furan rings is 1. The van der Waals surface area contributed by atoms with Gasteiger partial charge in [-0.25, -0.2) is 5.90 Å². The summed E-state index contributed by atoms with van der Waals surface area (Å²) in [4.78, 5) is 4.57. The summed E-state index contributed by atoms with van der Waals surface area (Å²) in [6.45, 7) is 0.333. The van der Waals surface area contributed by atoms with Gasteiger partial charge in [-0.1, -0.05) is 12.1 Å². The molecule has 0 bridgehead atoms. The van der Waals surface area contributed by atoms with Crippen LogP contribution in [0, 0.1) is 0 Å². The molecule has 0 aliphatic carbocycles. The largest absolute Gasteiger partial charge is 0.493 e. The van der Waals surface area contributed by atoms with Crippen LogP contribution >= 0.6 is 0 Å². The Morgan fingerprint density at radius 3 is 3.00 bits per heavy atom. The lowest BCUT2D eigenvalue weighted by molar-refractivity contribution is 0.124. The average Bonchev–Trinajstić information content (AvgIpc) is 2.62. The molecule has 0 amide bonds. The Labute approximate surface area is 81.2 Å². The van der Waals surface area contributed by atoms with Gasteiger partial charge in [0.05, 0.1) is 20.0 Å². The third-order valence-electron chi connectivity index (χ3n) is 2.10. The fraction of sp³-hybridized carbons (Fsp3) is 0.200. The molecule has 0 aliphatic heterocycles. The maximum atomic E-state index is 5.36. The maximum Gasteiger partial charge on any atom is 0.176 e. The molecule has 0 unspecified atom stereocenters. The summed E-state index contributed by atoms with van der Waals surface area (Å²) in [5.41, 5.74) is 1.64. The van der Waals surface area contributed by atoms with Gasteiger partial charge in [0.15, 0.2) is 11.3 Å². The summed E-state index contributed by atoms with van der Waals surface area (Å²) < 4.78 is 10.5. The molecular weight excluding hydrogens is 182 g/mol. The molecule has 1 aromatic carbocycles. The van der Waals surface area contributed by atoms with Gasteiger partial charge >= 0.3 is 0 Å². The Bertz CT molecular complexity index is 436. The number of hydrogen-bond donors (Lipinski definition) is 1. The van der Waals surface area contributed by atoms with E-state index in [4.69, 9.17) is 15.1 Å². The molecule has 4 nitrogen and oxygen atoms in total. The van der Waals surface area contributed by atoms with Crippen molar-refractivity contribution in [3.63, 3.8) is 0 Å². The highest BCUT2D eigenvalue weighted by Crippen LogP contribution is 2.29. The van der Waals surface area contributed by atoms with Crippen molar-refractivity contribution in [3.8, 4) is 5.75 Å². The number of methoxy groups -OCH3 is 1. The molecule has 0 radical (unpaired) electrons. The second kappa shape index (κ2) is 3.69. The van der Waals surface area contributed by atoms with Crippen LogP contribution in [0.25, 0.3) is 11.0 Å². The van der Waals surface area contributed by atoms with Crippen molar-refractivity contribution in [2.75, 3.05) is 7.11 Å². The zero-order chi connectivity index (χ0) is 9.97. The number of hydrogen-bond acceptors (Lipinski definition) is 4. The zero-order valence-corrected chi connectivity index (χ0v) is 7.82. The van der Waals surface area contributed by atoms with Crippen molar-refractivity contribution in [1.82, 2.24) is 0 Å². The lowest BCUT2D eigenvalue weighted by Gasteiger charge is -1.99. The minimum absolute atomic E-state index is 0.333. The van der Waals surface area contributed by atoms with Gasteiger partial charge in [0.25, 0.3) is 0 Å². The van der Waals surface area contributed by atoms with Gasteiger partial charge in [0, 0.05) is 10.9 Å². The van der Waals surface area contributed by atoms with Crippen molar-refractivity contribution in [2.45, 2.75) is 6.61 Å². The highest BCUT2D eigenvalue weighted by molar-refractivity contribution is 5.86. The number of rotatable bonds is 3. The lowest BCUT2D eigenvalue weighted by atomic mass is 10.2. The summed E-state index contributed by atoms with van der Waals surface area (Å²) in [6.07, 6.45) is 1.63. The van der Waals surface area contributed by atoms with E-state index >= 15 is 0 Å². The van der Waals surface area contributed by atoms with Crippen LogP contribution in [0.3, 0.4) is 0 Å². The molecule has 0 atom stereocenters. The number of ether oxygens (including phenoxy) is 1. The number of nitrogens with two attached hydrogens (primary N) is 1. The molecular formula is C10H11NO3. The first kappa shape index (κ1) is 9.05. The lowest BCUT2D eigenvalue weighted by Crippen LogP contribution is -1.97. The molecule has 0 fully saturated rings. The summed E-state index contributed by atoms with van der Waals surface area (Å²) in [7, 11) is 1.61. The Kier molecular flexibility index (Phi) is 2.39. The van der Waals surface area contributed by atoms with Gasteiger partial charge in [-0.3, -0.25) is 4.84 Å². The van der Waals surface area contributed by atoms with Crippen LogP contribution in [-0.2, 0) is 11.4 Å². The fourth-order valence-corrected chi connectivity index (χ4v) is 1.45. The number of benzene rings is 1. The minimum Gasteiger partial charge on any atom is -0.493 e. The molecule has 4 heteroatoms. The van der Waals surface area contributed by atoms with Crippen molar-refractivity contribution in [1.29, 1.82) is 0 Å². The van der Waals surface area contributed by atoms with E-state index in [0.717, 1.165) is 16.5 Å². The van der Waals surface area contributed by atoms with E-state index in [9.17, 15) is 0 Å². The molecule has 14 heavy (non-hydrogen) atoms. The van der Waals surface area contributed by atoms with E-state index in [1.807, 2.05) is 18.2 Å². The van der Waals surface area contributed by atoms with Gasteiger partial charge in [-0.15, -0.1) is 0 Å². The van der Waals surface area contributed by atoms with Crippen molar-refractivity contribution in [3.05, 3.63) is 30.0 Å². The summed E-state index contributed by atoms with van der Waals surface area (Å²) >= 11 is 0. The first-order chi connectivity index (χ1) is 6.86. The van der Waals surface area contributed by atoms with E-state index in [1.54, 1.807) is 13.4 Å². The predicted molar refractivity (Wildman–Crippen MR) is 51.7 cm³/mol. The van der Waals surface area contributed by atoms with E-state index in [0.29, 0.717) is 12.4 Å². The second-order valence-corrected chi connectivity index (χ2v) is 2.91. The molecule has 2 N–H and O–H groups in total. The third-order valence-corrected chi connectivity index (χ3v) is 2.10. The van der Waals surface area contributed by atoms with Crippen molar-refractivity contribution in [2.24, 2.45) is 5.90 Å². The van der Waals surface area contributed by atoms with Crippen LogP contribution in [0.4, 0.5) is 0 Å². The van der Waals surface area contributed by atoms with E-state index < -0.39 is 0 Å². The predicted octanol–water partition coefficient (Wildman–Crippen LogP) is 1.83. The molecule has 0 spiro atoms. The standard InChI is InChI=1S/C10H11NO3/c1-12-9-4-2-3-8-7(6-14-11)5-13-10(8)9/h2-5H,6,11H2,1H3. The smallest absolute Gasteiger partial charge is 0.176 e. The van der Waals surface area contributed by atoms with Gasteiger partial charge < -0.3 is 9.15 Å². The van der Waals surface area contributed by atoms with Gasteiger partial charge in [-0.05, 0) is 6.07 Å². The second-order valence-electron chi connectivity index (χ2n) is 2.91. The van der Waals surface area contributed by atoms with E-state index in [-0.39, 0.29) is 0 Å². The summed E-state index contributed by atoms with van der Waals surface area (Å²) in [5.74, 6) is 5.72. The Balaban J connectivity index is 2.57. The van der Waals surface area contributed by atoms with E-state index in [1.165, 1.54) is 0 Å². The van der Waals surface area contributed by atoms with Crippen LogP contribution in [0.2, 0.25) is 0 Å². The molecule has 74 valence electrons. The minimum atomic E-state index is 0.333. The zero-order valence-electron chi connectivity index (χ0n) is 7.82. The van der Waals surface area contributed by atoms with Crippen LogP contribution in [0.15, 0.2) is 28.9 Å². The van der Waals surface area contributed by atoms with Crippen molar-refractivity contribution >= 4 is 11.0 Å². The Morgan fingerprint density at radius 2 is 2.29 bits per heavy atom. The molecule has 0 saturated heterocycles. The fourth-order valence-electron chi connectivity index (χ4n) is 1.45. The Hall–Kier alpha value is -1.52. The molecule has 0 saturated carbocycles. The third kappa shape index (κ3) is 1.34. The highest BCUT2D eigenvalue weighted by Gasteiger charge is 2.09. The molecule has 2 aromatic rings. The normalized spacial score (nSPS) is 10.7. The van der Waals surface area contributed by atoms with E-state index in [2.05, 4.69) is 4.84 Å². The monoisotopic (exact) mass is 193 g/mol. The first-order valence-corrected chi connectivity index (χ1v) is 4.21. The maximum absolute atomic E-state index is 5.36. The average molecular weight is 193 g/mol. The quantitative estimate of drug-likeness (QED) is 0.755. The van der Waals surface area contributed by atoms with Crippen LogP contribution in [-0.4, -0.2) is 7.11 Å². The Morgan fingerprint density at radius 1 is 1.43 bits per heavy atom. The number of para-hydroxylation sites is 1. The van der Waals surface area contributed by atoms with Gasteiger partial charge in [0.1, 0.15) is 0 Å². The molecule has 1 heterocycles. The van der Waals surface area contributed by atoms with Gasteiger partial charge in [-0.2, -0.15) is 0 Å². The molecule has 2 rings (SSSR count). The van der Waals surface area contributed by atoms with Crippen molar-refractivity contribution < 1.29 is 14.0 Å². The molecule has 1 aromatic heterocycles. The first-order valence-electron chi connectivity index (χ1n) is 4.21. The van der Waals surface area contributed by atoms with Crippen LogP contribution < -0.4 is 10.6 Å². The SMILES string of the molecule is COc1cccc2c(CON)coc12. The topological polar surface area (TPSA) is 57.6 Å². The van der Waals surface area contributed by atoms with Crippen LogP contribution in [0.1, 0.15) is 5.56 Å². The number of fused-ring (bicyclic) bond motifs is 1.